The molecule has 200 valence electrons. The van der Waals surface area contributed by atoms with E-state index in [0.717, 1.165) is 16.4 Å². The summed E-state index contributed by atoms with van der Waals surface area (Å²) in [7, 11) is 0. The van der Waals surface area contributed by atoms with E-state index >= 15 is 0 Å². The summed E-state index contributed by atoms with van der Waals surface area (Å²) < 4.78 is 0.730. The first-order chi connectivity index (χ1) is 18.5. The van der Waals surface area contributed by atoms with E-state index in [9.17, 15) is 9.59 Å². The molecule has 3 aromatic carbocycles. The van der Waals surface area contributed by atoms with E-state index in [1.54, 1.807) is 12.1 Å². The SMILES string of the molecule is NCC[C@@H]1N[C@H](CNC(=O)c2ccc(Cl)c(CI)c2)CCN(CC(c2ccccc2)c2ccccc2)C1=O. The molecular weight excluding hydrogens is 611 g/mol. The molecular formula is C30H34ClIN4O2. The molecule has 0 saturated carbocycles. The van der Waals surface area contributed by atoms with Crippen LogP contribution in [0, 0.1) is 0 Å². The maximum atomic E-state index is 13.6. The standard InChI is InChI=1S/C30H34ClIN4O2/c31-27-12-11-23(17-24(27)18-32)29(37)34-19-25-14-16-36(30(38)28(35-25)13-15-33)20-26(21-7-3-1-4-8-21)22-9-5-2-6-10-22/h1-12,17,25-26,28,35H,13-16,18-20,33H2,(H,34,37)/t25-,28-/m0/s1. The molecule has 0 aromatic heterocycles. The Kier molecular flexibility index (Phi) is 10.6. The minimum Gasteiger partial charge on any atom is -0.350 e. The highest BCUT2D eigenvalue weighted by Gasteiger charge is 2.32. The molecule has 0 radical (unpaired) electrons. The highest BCUT2D eigenvalue weighted by molar-refractivity contribution is 14.1. The number of rotatable bonds is 10. The number of alkyl halides is 1. The number of hydrogen-bond acceptors (Lipinski definition) is 4. The summed E-state index contributed by atoms with van der Waals surface area (Å²) in [6, 6.07) is 25.5. The van der Waals surface area contributed by atoms with Crippen molar-refractivity contribution in [1.82, 2.24) is 15.5 Å². The van der Waals surface area contributed by atoms with Crippen LogP contribution in [0.5, 0.6) is 0 Å². The van der Waals surface area contributed by atoms with Gasteiger partial charge in [0.1, 0.15) is 0 Å². The fourth-order valence-corrected chi connectivity index (χ4v) is 5.97. The molecule has 0 unspecified atom stereocenters. The summed E-state index contributed by atoms with van der Waals surface area (Å²) in [5, 5.41) is 7.18. The second kappa shape index (κ2) is 14.1. The number of halogens is 2. The summed E-state index contributed by atoms with van der Waals surface area (Å²) in [6.07, 6.45) is 1.26. The van der Waals surface area contributed by atoms with Gasteiger partial charge in [-0.25, -0.2) is 0 Å². The Balaban J connectivity index is 1.47. The van der Waals surface area contributed by atoms with Crippen LogP contribution in [0.15, 0.2) is 78.9 Å². The third kappa shape index (κ3) is 7.34. The van der Waals surface area contributed by atoms with Gasteiger partial charge in [-0.15, -0.1) is 0 Å². The Bertz CT molecular complexity index is 1170. The van der Waals surface area contributed by atoms with Crippen molar-refractivity contribution in [3.8, 4) is 0 Å². The Morgan fingerprint density at radius 2 is 1.74 bits per heavy atom. The van der Waals surface area contributed by atoms with Gasteiger partial charge in [0.2, 0.25) is 5.91 Å². The van der Waals surface area contributed by atoms with Gasteiger partial charge < -0.3 is 21.3 Å². The summed E-state index contributed by atoms with van der Waals surface area (Å²) in [4.78, 5) is 28.5. The molecule has 0 bridgehead atoms. The van der Waals surface area contributed by atoms with Crippen LogP contribution in [-0.4, -0.2) is 55.0 Å². The van der Waals surface area contributed by atoms with E-state index in [1.807, 2.05) is 47.4 Å². The fourth-order valence-electron chi connectivity index (χ4n) is 4.93. The van der Waals surface area contributed by atoms with Crippen LogP contribution in [0.1, 0.15) is 45.8 Å². The van der Waals surface area contributed by atoms with E-state index in [4.69, 9.17) is 17.3 Å². The van der Waals surface area contributed by atoms with Crippen LogP contribution in [0.3, 0.4) is 0 Å². The Hall–Kier alpha value is -2.46. The highest BCUT2D eigenvalue weighted by Crippen LogP contribution is 2.27. The van der Waals surface area contributed by atoms with Gasteiger partial charge in [0.05, 0.1) is 6.04 Å². The van der Waals surface area contributed by atoms with E-state index in [1.165, 1.54) is 11.1 Å². The molecule has 1 heterocycles. The van der Waals surface area contributed by atoms with Crippen LogP contribution >= 0.6 is 34.2 Å². The smallest absolute Gasteiger partial charge is 0.251 e. The van der Waals surface area contributed by atoms with E-state index in [2.05, 4.69) is 57.5 Å². The lowest BCUT2D eigenvalue weighted by Gasteiger charge is -2.29. The molecule has 3 aromatic rings. The number of carbonyl (C=O) groups is 2. The third-order valence-corrected chi connectivity index (χ3v) is 8.21. The molecule has 6 nitrogen and oxygen atoms in total. The second-order valence-electron chi connectivity index (χ2n) is 9.59. The van der Waals surface area contributed by atoms with Crippen molar-refractivity contribution in [2.45, 2.75) is 35.3 Å². The van der Waals surface area contributed by atoms with Crippen molar-refractivity contribution in [1.29, 1.82) is 0 Å². The zero-order valence-corrected chi connectivity index (χ0v) is 24.2. The predicted molar refractivity (Wildman–Crippen MR) is 162 cm³/mol. The first-order valence-electron chi connectivity index (χ1n) is 13.0. The van der Waals surface area contributed by atoms with E-state index in [0.29, 0.717) is 43.2 Å². The third-order valence-electron chi connectivity index (χ3n) is 7.02. The zero-order valence-electron chi connectivity index (χ0n) is 21.3. The van der Waals surface area contributed by atoms with E-state index < -0.39 is 6.04 Å². The minimum absolute atomic E-state index is 0.0484. The van der Waals surface area contributed by atoms with Crippen LogP contribution in [0.25, 0.3) is 0 Å². The van der Waals surface area contributed by atoms with Crippen LogP contribution < -0.4 is 16.4 Å². The van der Waals surface area contributed by atoms with Crippen molar-refractivity contribution < 1.29 is 9.59 Å². The van der Waals surface area contributed by atoms with Crippen molar-refractivity contribution in [2.24, 2.45) is 5.73 Å². The molecule has 8 heteroatoms. The quantitative estimate of drug-likeness (QED) is 0.220. The fraction of sp³-hybridized carbons (Fsp3) is 0.333. The number of nitrogens with one attached hydrogen (secondary N) is 2. The molecule has 2 amide bonds. The Morgan fingerprint density at radius 1 is 1.08 bits per heavy atom. The number of benzene rings is 3. The number of nitrogens with zero attached hydrogens (tertiary/aromatic N) is 1. The van der Waals surface area contributed by atoms with Gasteiger partial charge in [0, 0.05) is 46.6 Å². The largest absolute Gasteiger partial charge is 0.350 e. The molecule has 0 spiro atoms. The molecule has 2 atom stereocenters. The van der Waals surface area contributed by atoms with Gasteiger partial charge in [0.25, 0.3) is 5.91 Å². The second-order valence-corrected chi connectivity index (χ2v) is 10.8. The zero-order chi connectivity index (χ0) is 26.9. The Morgan fingerprint density at radius 3 is 2.34 bits per heavy atom. The molecule has 1 saturated heterocycles. The normalized spacial score (nSPS) is 17.9. The average molecular weight is 645 g/mol. The van der Waals surface area contributed by atoms with E-state index in [-0.39, 0.29) is 23.8 Å². The van der Waals surface area contributed by atoms with Crippen molar-refractivity contribution in [2.75, 3.05) is 26.2 Å². The monoisotopic (exact) mass is 644 g/mol. The van der Waals surface area contributed by atoms with Crippen LogP contribution in [-0.2, 0) is 9.22 Å². The first kappa shape index (κ1) is 28.5. The van der Waals surface area contributed by atoms with Crippen molar-refractivity contribution in [3.05, 3.63) is 106 Å². The van der Waals surface area contributed by atoms with Crippen molar-refractivity contribution in [3.63, 3.8) is 0 Å². The lowest BCUT2D eigenvalue weighted by Crippen LogP contribution is -2.49. The number of hydrogen-bond donors (Lipinski definition) is 3. The summed E-state index contributed by atoms with van der Waals surface area (Å²) in [6.45, 7) is 2.01. The lowest BCUT2D eigenvalue weighted by atomic mass is 9.90. The summed E-state index contributed by atoms with van der Waals surface area (Å²) >= 11 is 8.45. The molecule has 0 aliphatic carbocycles. The molecule has 4 N–H and O–H groups in total. The van der Waals surface area contributed by atoms with Gasteiger partial charge in [-0.2, -0.15) is 0 Å². The average Bonchev–Trinajstić information content (AvgIpc) is 3.10. The summed E-state index contributed by atoms with van der Waals surface area (Å²) in [5.74, 6) is -0.0238. The molecule has 38 heavy (non-hydrogen) atoms. The number of nitrogens with two attached hydrogens (primary N) is 1. The van der Waals surface area contributed by atoms with Gasteiger partial charge in [-0.05, 0) is 54.3 Å². The van der Waals surface area contributed by atoms with Gasteiger partial charge in [0.15, 0.2) is 0 Å². The minimum atomic E-state index is -0.391. The molecule has 1 aliphatic heterocycles. The lowest BCUT2D eigenvalue weighted by molar-refractivity contribution is -0.133. The predicted octanol–water partition coefficient (Wildman–Crippen LogP) is 4.74. The number of carbonyl (C=O) groups excluding carboxylic acids is 2. The van der Waals surface area contributed by atoms with Crippen molar-refractivity contribution >= 4 is 46.0 Å². The van der Waals surface area contributed by atoms with Gasteiger partial charge >= 0.3 is 0 Å². The number of amides is 2. The molecule has 1 fully saturated rings. The summed E-state index contributed by atoms with van der Waals surface area (Å²) in [5.41, 5.74) is 9.76. The molecule has 4 rings (SSSR count). The molecule has 1 aliphatic rings. The van der Waals surface area contributed by atoms with Gasteiger partial charge in [-0.3, -0.25) is 9.59 Å². The van der Waals surface area contributed by atoms with Crippen LogP contribution in [0.4, 0.5) is 0 Å². The maximum Gasteiger partial charge on any atom is 0.251 e. The first-order valence-corrected chi connectivity index (χ1v) is 14.9. The topological polar surface area (TPSA) is 87.5 Å². The van der Waals surface area contributed by atoms with Crippen LogP contribution in [0.2, 0.25) is 5.02 Å². The van der Waals surface area contributed by atoms with Gasteiger partial charge in [-0.1, -0.05) is 94.9 Å². The Labute approximate surface area is 243 Å². The highest BCUT2D eigenvalue weighted by atomic mass is 127. The maximum absolute atomic E-state index is 13.6.